The van der Waals surface area contributed by atoms with Crippen molar-refractivity contribution in [2.75, 3.05) is 0 Å². The van der Waals surface area contributed by atoms with E-state index < -0.39 is 0 Å². The van der Waals surface area contributed by atoms with Gasteiger partial charge in [0.1, 0.15) is 0 Å². The maximum Gasteiger partial charge on any atom is 0.0629 e. The third-order valence-electron chi connectivity index (χ3n) is 12.2. The van der Waals surface area contributed by atoms with Gasteiger partial charge in [0, 0.05) is 49.6 Å². The standard InChI is InChI=1S/C52H42N2/c1-5-6-22-44-34(2)51-45(52(44,3)4)23-15-26-50(51)54-47-25-13-11-21-41(47)43-33-38(28-30-49(43)54)37-27-29-48-42(32-37)40-20-10-12-24-46(40)53(48)39-19-14-18-36(31-39)35-16-8-7-9-17-35/h5-33,50-51H,1H2,2-4H3/b22-6-. The molecule has 260 valence electrons. The van der Waals surface area contributed by atoms with Gasteiger partial charge in [-0.3, -0.25) is 0 Å². The summed E-state index contributed by atoms with van der Waals surface area (Å²) in [7, 11) is 0. The Morgan fingerprint density at radius 3 is 1.94 bits per heavy atom. The molecule has 2 heterocycles. The number of nitrogens with zero attached hydrogens (tertiary/aromatic N) is 2. The summed E-state index contributed by atoms with van der Waals surface area (Å²) in [5.74, 6) is 0.293. The lowest BCUT2D eigenvalue weighted by molar-refractivity contribution is 0.457. The fourth-order valence-corrected chi connectivity index (χ4v) is 9.70. The fourth-order valence-electron chi connectivity index (χ4n) is 9.70. The molecule has 0 amide bonds. The number of para-hydroxylation sites is 2. The topological polar surface area (TPSA) is 9.86 Å². The van der Waals surface area contributed by atoms with E-state index in [0.29, 0.717) is 5.92 Å². The normalized spacial score (nSPS) is 18.0. The predicted molar refractivity (Wildman–Crippen MR) is 230 cm³/mol. The highest BCUT2D eigenvalue weighted by Crippen LogP contribution is 2.56. The molecule has 0 bridgehead atoms. The van der Waals surface area contributed by atoms with E-state index in [-0.39, 0.29) is 11.5 Å². The van der Waals surface area contributed by atoms with Crippen molar-refractivity contribution in [1.82, 2.24) is 9.13 Å². The van der Waals surface area contributed by atoms with E-state index in [4.69, 9.17) is 0 Å². The van der Waals surface area contributed by atoms with E-state index in [1.54, 1.807) is 0 Å². The summed E-state index contributed by atoms with van der Waals surface area (Å²) in [5, 5.41) is 5.10. The van der Waals surface area contributed by atoms with Gasteiger partial charge in [0.25, 0.3) is 0 Å². The third-order valence-corrected chi connectivity index (χ3v) is 12.2. The summed E-state index contributed by atoms with van der Waals surface area (Å²) in [6.45, 7) is 11.0. The SMILES string of the molecule is C=C/C=C\C1=C(C)C2C(=CC=CC2n2c3ccccc3c3cc(-c4ccc5c(c4)c4ccccc4n5-c4cccc(-c5ccccc5)c4)ccc32)C1(C)C. The lowest BCUT2D eigenvalue weighted by atomic mass is 9.75. The summed E-state index contributed by atoms with van der Waals surface area (Å²) in [4.78, 5) is 0. The Morgan fingerprint density at radius 1 is 0.593 bits per heavy atom. The van der Waals surface area contributed by atoms with Gasteiger partial charge in [0.2, 0.25) is 0 Å². The van der Waals surface area contributed by atoms with Gasteiger partial charge in [0.05, 0.1) is 17.1 Å². The van der Waals surface area contributed by atoms with Gasteiger partial charge in [-0.2, -0.15) is 0 Å². The number of allylic oxidation sites excluding steroid dienone is 9. The van der Waals surface area contributed by atoms with E-state index >= 15 is 0 Å². The minimum absolute atomic E-state index is 0.0460. The van der Waals surface area contributed by atoms with Crippen LogP contribution in [-0.4, -0.2) is 9.13 Å². The first-order valence-corrected chi connectivity index (χ1v) is 19.1. The van der Waals surface area contributed by atoms with Crippen molar-refractivity contribution in [3.05, 3.63) is 199 Å². The monoisotopic (exact) mass is 694 g/mol. The molecule has 2 unspecified atom stereocenters. The Hall–Kier alpha value is -6.38. The van der Waals surface area contributed by atoms with Crippen molar-refractivity contribution in [2.45, 2.75) is 26.8 Å². The first-order chi connectivity index (χ1) is 26.4. The number of aromatic nitrogens is 2. The zero-order valence-electron chi connectivity index (χ0n) is 31.0. The van der Waals surface area contributed by atoms with Gasteiger partial charge >= 0.3 is 0 Å². The molecule has 0 saturated carbocycles. The average Bonchev–Trinajstić information content (AvgIpc) is 3.79. The van der Waals surface area contributed by atoms with Crippen molar-refractivity contribution >= 4 is 43.6 Å². The Kier molecular flexibility index (Phi) is 7.39. The first-order valence-electron chi connectivity index (χ1n) is 19.1. The van der Waals surface area contributed by atoms with Crippen molar-refractivity contribution in [3.8, 4) is 27.9 Å². The minimum Gasteiger partial charge on any atom is -0.332 e. The number of hydrogen-bond acceptors (Lipinski definition) is 0. The molecular weight excluding hydrogens is 653 g/mol. The van der Waals surface area contributed by atoms with Crippen molar-refractivity contribution in [1.29, 1.82) is 0 Å². The Morgan fingerprint density at radius 2 is 1.19 bits per heavy atom. The molecule has 2 aliphatic rings. The summed E-state index contributed by atoms with van der Waals surface area (Å²) in [5.41, 5.74) is 15.3. The summed E-state index contributed by atoms with van der Waals surface area (Å²) in [6.07, 6.45) is 13.3. The molecule has 2 aliphatic carbocycles. The minimum atomic E-state index is -0.0460. The van der Waals surface area contributed by atoms with E-state index in [2.05, 4.69) is 206 Å². The smallest absolute Gasteiger partial charge is 0.0629 e. The summed E-state index contributed by atoms with van der Waals surface area (Å²) < 4.78 is 5.01. The van der Waals surface area contributed by atoms with Gasteiger partial charge < -0.3 is 9.13 Å². The first kappa shape index (κ1) is 32.3. The number of rotatable bonds is 6. The van der Waals surface area contributed by atoms with Gasteiger partial charge in [0.15, 0.2) is 0 Å². The summed E-state index contributed by atoms with van der Waals surface area (Å²) >= 11 is 0. The lowest BCUT2D eigenvalue weighted by Crippen LogP contribution is -2.24. The number of fused-ring (bicyclic) bond motifs is 7. The number of hydrogen-bond donors (Lipinski definition) is 0. The molecule has 2 aromatic heterocycles. The van der Waals surface area contributed by atoms with Gasteiger partial charge in [-0.1, -0.05) is 159 Å². The fraction of sp³-hybridized carbons (Fsp3) is 0.115. The number of benzene rings is 6. The molecule has 0 saturated heterocycles. The molecule has 2 heteroatoms. The maximum absolute atomic E-state index is 3.95. The van der Waals surface area contributed by atoms with Crippen LogP contribution in [0.15, 0.2) is 199 Å². The molecule has 0 aliphatic heterocycles. The Labute approximate surface area is 317 Å². The van der Waals surface area contributed by atoms with Crippen LogP contribution in [0.3, 0.4) is 0 Å². The molecule has 8 aromatic rings. The van der Waals surface area contributed by atoms with Crippen LogP contribution in [0.4, 0.5) is 0 Å². The highest BCUT2D eigenvalue weighted by atomic mass is 15.0. The van der Waals surface area contributed by atoms with Crippen LogP contribution in [0.5, 0.6) is 0 Å². The molecule has 10 rings (SSSR count). The second-order valence-electron chi connectivity index (χ2n) is 15.4. The molecular formula is C52H42N2. The van der Waals surface area contributed by atoms with Crippen LogP contribution < -0.4 is 0 Å². The molecule has 2 nitrogen and oxygen atoms in total. The molecule has 2 atom stereocenters. The third kappa shape index (κ3) is 4.80. The second kappa shape index (κ2) is 12.4. The van der Waals surface area contributed by atoms with E-state index in [1.807, 2.05) is 6.08 Å². The van der Waals surface area contributed by atoms with Crippen molar-refractivity contribution in [2.24, 2.45) is 11.3 Å². The molecule has 0 fully saturated rings. The van der Waals surface area contributed by atoms with Crippen LogP contribution in [-0.2, 0) is 0 Å². The van der Waals surface area contributed by atoms with Crippen molar-refractivity contribution < 1.29 is 0 Å². The van der Waals surface area contributed by atoms with Gasteiger partial charge in [-0.25, -0.2) is 0 Å². The van der Waals surface area contributed by atoms with Gasteiger partial charge in [-0.15, -0.1) is 0 Å². The maximum atomic E-state index is 3.95. The molecule has 0 spiro atoms. The van der Waals surface area contributed by atoms with Crippen LogP contribution in [0.25, 0.3) is 71.6 Å². The second-order valence-corrected chi connectivity index (χ2v) is 15.4. The Bertz CT molecular complexity index is 2940. The lowest BCUT2D eigenvalue weighted by Gasteiger charge is -2.33. The molecule has 0 N–H and O–H groups in total. The molecule has 54 heavy (non-hydrogen) atoms. The average molecular weight is 695 g/mol. The van der Waals surface area contributed by atoms with Gasteiger partial charge in [-0.05, 0) is 83.3 Å². The molecule has 0 radical (unpaired) electrons. The summed E-state index contributed by atoms with van der Waals surface area (Å²) in [6, 6.07) is 51.6. The van der Waals surface area contributed by atoms with Crippen LogP contribution in [0, 0.1) is 11.3 Å². The van der Waals surface area contributed by atoms with E-state index in [0.717, 1.165) is 0 Å². The van der Waals surface area contributed by atoms with E-state index in [9.17, 15) is 0 Å². The van der Waals surface area contributed by atoms with Crippen molar-refractivity contribution in [3.63, 3.8) is 0 Å². The van der Waals surface area contributed by atoms with Crippen LogP contribution in [0.2, 0.25) is 0 Å². The van der Waals surface area contributed by atoms with E-state index in [1.165, 1.54) is 88.3 Å². The van der Waals surface area contributed by atoms with Crippen LogP contribution >= 0.6 is 0 Å². The quantitative estimate of drug-likeness (QED) is 0.153. The molecule has 6 aromatic carbocycles. The zero-order chi connectivity index (χ0) is 36.6. The highest BCUT2D eigenvalue weighted by Gasteiger charge is 2.45. The van der Waals surface area contributed by atoms with Crippen LogP contribution in [0.1, 0.15) is 26.8 Å². The highest BCUT2D eigenvalue weighted by molar-refractivity contribution is 6.12. The zero-order valence-corrected chi connectivity index (χ0v) is 31.0. The Balaban J connectivity index is 1.11. The predicted octanol–water partition coefficient (Wildman–Crippen LogP) is 14.0. The largest absolute Gasteiger partial charge is 0.332 e.